The number of benzene rings is 2. The van der Waals surface area contributed by atoms with Gasteiger partial charge in [-0.05, 0) is 62.7 Å². The Morgan fingerprint density at radius 1 is 1.00 bits per heavy atom. The van der Waals surface area contributed by atoms with Gasteiger partial charge in [0.05, 0.1) is 24.5 Å². The van der Waals surface area contributed by atoms with E-state index in [9.17, 15) is 14.4 Å². The van der Waals surface area contributed by atoms with Crippen molar-refractivity contribution in [3.8, 4) is 11.5 Å². The molecular formula is C22H25NO6. The van der Waals surface area contributed by atoms with Crippen LogP contribution in [0.1, 0.15) is 53.8 Å². The topological polar surface area (TPSA) is 102 Å². The van der Waals surface area contributed by atoms with Crippen LogP contribution in [0, 0.1) is 0 Å². The zero-order valence-electron chi connectivity index (χ0n) is 16.7. The highest BCUT2D eigenvalue weighted by Crippen LogP contribution is 2.27. The van der Waals surface area contributed by atoms with Gasteiger partial charge in [-0.25, -0.2) is 4.79 Å². The largest absolute Gasteiger partial charge is 0.497 e. The maximum atomic E-state index is 12.3. The Morgan fingerprint density at radius 3 is 2.24 bits per heavy atom. The number of carboxylic acid groups (broad SMARTS) is 1. The van der Waals surface area contributed by atoms with Gasteiger partial charge in [0.25, 0.3) is 0 Å². The molecule has 0 fully saturated rings. The zero-order valence-corrected chi connectivity index (χ0v) is 16.7. The molecule has 0 aromatic heterocycles. The summed E-state index contributed by atoms with van der Waals surface area (Å²) in [6, 6.07) is 11.1. The number of rotatable bonds is 10. The first kappa shape index (κ1) is 21.9. The van der Waals surface area contributed by atoms with Gasteiger partial charge in [-0.2, -0.15) is 0 Å². The normalized spacial score (nSPS) is 10.5. The number of anilines is 1. The lowest BCUT2D eigenvalue weighted by atomic mass is 10.1. The smallest absolute Gasteiger partial charge is 0.335 e. The standard InChI is InChI=1S/C22H25NO6/c1-14(2)29-20-12-9-16(22(26)27)13-18(20)23-21(25)6-4-5-19(24)15-7-10-17(28-3)11-8-15/h7-14H,4-6H2,1-3H3,(H,23,25)(H,26,27). The van der Waals surface area contributed by atoms with E-state index in [-0.39, 0.29) is 36.2 Å². The van der Waals surface area contributed by atoms with Crippen molar-refractivity contribution in [3.05, 3.63) is 53.6 Å². The summed E-state index contributed by atoms with van der Waals surface area (Å²) in [5.74, 6) is -0.404. The van der Waals surface area contributed by atoms with E-state index in [0.717, 1.165) is 0 Å². The highest BCUT2D eigenvalue weighted by atomic mass is 16.5. The molecule has 2 aromatic carbocycles. The molecule has 0 aliphatic heterocycles. The Balaban J connectivity index is 1.94. The summed E-state index contributed by atoms with van der Waals surface area (Å²) in [7, 11) is 1.55. The Morgan fingerprint density at radius 2 is 1.66 bits per heavy atom. The number of methoxy groups -OCH3 is 1. The second-order valence-electron chi connectivity index (χ2n) is 6.74. The summed E-state index contributed by atoms with van der Waals surface area (Å²) in [6.45, 7) is 3.67. The summed E-state index contributed by atoms with van der Waals surface area (Å²) in [4.78, 5) is 35.7. The molecule has 0 aliphatic rings. The number of amides is 1. The molecule has 0 unspecified atom stereocenters. The number of aromatic carboxylic acids is 1. The number of hydrogen-bond donors (Lipinski definition) is 2. The predicted molar refractivity (Wildman–Crippen MR) is 109 cm³/mol. The van der Waals surface area contributed by atoms with Crippen LogP contribution in [-0.4, -0.2) is 36.0 Å². The van der Waals surface area contributed by atoms with Gasteiger partial charge in [-0.15, -0.1) is 0 Å². The second-order valence-corrected chi connectivity index (χ2v) is 6.74. The monoisotopic (exact) mass is 399 g/mol. The lowest BCUT2D eigenvalue weighted by Crippen LogP contribution is -2.15. The molecule has 0 saturated heterocycles. The van der Waals surface area contributed by atoms with E-state index in [0.29, 0.717) is 29.2 Å². The van der Waals surface area contributed by atoms with Gasteiger partial charge in [0.15, 0.2) is 5.78 Å². The summed E-state index contributed by atoms with van der Waals surface area (Å²) < 4.78 is 10.7. The van der Waals surface area contributed by atoms with Crippen LogP contribution in [-0.2, 0) is 4.79 Å². The third kappa shape index (κ3) is 6.64. The molecule has 2 aromatic rings. The van der Waals surface area contributed by atoms with Crippen LogP contribution in [0.2, 0.25) is 0 Å². The molecule has 7 heteroatoms. The Bertz CT molecular complexity index is 873. The Kier molecular flexibility index (Phi) is 7.77. The molecule has 0 heterocycles. The average molecular weight is 399 g/mol. The fourth-order valence-corrected chi connectivity index (χ4v) is 2.66. The van der Waals surface area contributed by atoms with Crippen molar-refractivity contribution in [1.29, 1.82) is 0 Å². The lowest BCUT2D eigenvalue weighted by molar-refractivity contribution is -0.116. The van der Waals surface area contributed by atoms with Crippen LogP contribution in [0.4, 0.5) is 5.69 Å². The Hall–Kier alpha value is -3.35. The summed E-state index contributed by atoms with van der Waals surface area (Å²) in [5, 5.41) is 11.8. The molecule has 0 aliphatic carbocycles. The first-order chi connectivity index (χ1) is 13.8. The molecular weight excluding hydrogens is 374 g/mol. The van der Waals surface area contributed by atoms with Crippen LogP contribution in [0.15, 0.2) is 42.5 Å². The molecule has 2 rings (SSSR count). The highest BCUT2D eigenvalue weighted by Gasteiger charge is 2.14. The number of carboxylic acids is 1. The van der Waals surface area contributed by atoms with Crippen LogP contribution in [0.5, 0.6) is 11.5 Å². The van der Waals surface area contributed by atoms with E-state index < -0.39 is 5.97 Å². The van der Waals surface area contributed by atoms with Gasteiger partial charge in [0, 0.05) is 18.4 Å². The molecule has 0 bridgehead atoms. The van der Waals surface area contributed by atoms with Crippen molar-refractivity contribution in [1.82, 2.24) is 0 Å². The molecule has 7 nitrogen and oxygen atoms in total. The first-order valence-electron chi connectivity index (χ1n) is 9.31. The van der Waals surface area contributed by atoms with Crippen molar-refractivity contribution in [2.75, 3.05) is 12.4 Å². The number of nitrogens with one attached hydrogen (secondary N) is 1. The van der Waals surface area contributed by atoms with E-state index >= 15 is 0 Å². The third-order valence-corrected chi connectivity index (χ3v) is 4.08. The molecule has 0 radical (unpaired) electrons. The minimum absolute atomic E-state index is 0.0473. The fourth-order valence-electron chi connectivity index (χ4n) is 2.66. The van der Waals surface area contributed by atoms with Gasteiger partial charge in [-0.1, -0.05) is 0 Å². The van der Waals surface area contributed by atoms with E-state index in [2.05, 4.69) is 5.32 Å². The molecule has 0 atom stereocenters. The molecule has 154 valence electrons. The van der Waals surface area contributed by atoms with E-state index in [1.807, 2.05) is 13.8 Å². The third-order valence-electron chi connectivity index (χ3n) is 4.08. The van der Waals surface area contributed by atoms with Gasteiger partial charge < -0.3 is 19.9 Å². The van der Waals surface area contributed by atoms with Crippen LogP contribution in [0.3, 0.4) is 0 Å². The van der Waals surface area contributed by atoms with Crippen LogP contribution >= 0.6 is 0 Å². The van der Waals surface area contributed by atoms with E-state index in [1.54, 1.807) is 31.4 Å². The van der Waals surface area contributed by atoms with Crippen LogP contribution in [0.25, 0.3) is 0 Å². The maximum absolute atomic E-state index is 12.3. The number of Topliss-reactive ketones (excluding diaryl/α,β-unsaturated/α-hetero) is 1. The highest BCUT2D eigenvalue weighted by molar-refractivity contribution is 5.97. The van der Waals surface area contributed by atoms with Gasteiger partial charge >= 0.3 is 5.97 Å². The average Bonchev–Trinajstić information content (AvgIpc) is 2.68. The van der Waals surface area contributed by atoms with Gasteiger partial charge in [0.2, 0.25) is 5.91 Å². The van der Waals surface area contributed by atoms with Gasteiger partial charge in [-0.3, -0.25) is 9.59 Å². The molecule has 2 N–H and O–H groups in total. The summed E-state index contributed by atoms with van der Waals surface area (Å²) >= 11 is 0. The Labute approximate surface area is 169 Å². The predicted octanol–water partition coefficient (Wildman–Crippen LogP) is 4.17. The van der Waals surface area contributed by atoms with Crippen molar-refractivity contribution in [3.63, 3.8) is 0 Å². The van der Waals surface area contributed by atoms with Crippen molar-refractivity contribution in [2.24, 2.45) is 0 Å². The van der Waals surface area contributed by atoms with E-state index in [1.165, 1.54) is 18.2 Å². The lowest BCUT2D eigenvalue weighted by Gasteiger charge is -2.15. The minimum atomic E-state index is -1.10. The first-order valence-corrected chi connectivity index (χ1v) is 9.31. The number of carbonyl (C=O) groups is 3. The van der Waals surface area contributed by atoms with Crippen molar-refractivity contribution >= 4 is 23.3 Å². The van der Waals surface area contributed by atoms with E-state index in [4.69, 9.17) is 14.6 Å². The molecule has 29 heavy (non-hydrogen) atoms. The fraction of sp³-hybridized carbons (Fsp3) is 0.318. The second kappa shape index (κ2) is 10.3. The maximum Gasteiger partial charge on any atom is 0.335 e. The SMILES string of the molecule is COc1ccc(C(=O)CCCC(=O)Nc2cc(C(=O)O)ccc2OC(C)C)cc1. The van der Waals surface area contributed by atoms with Crippen LogP contribution < -0.4 is 14.8 Å². The summed E-state index contributed by atoms with van der Waals surface area (Å²) in [6.07, 6.45) is 0.587. The molecule has 1 amide bonds. The van der Waals surface area contributed by atoms with Crippen molar-refractivity contribution in [2.45, 2.75) is 39.2 Å². The number of carbonyl (C=O) groups excluding carboxylic acids is 2. The quantitative estimate of drug-likeness (QED) is 0.581. The number of ketones is 1. The summed E-state index contributed by atoms with van der Waals surface area (Å²) in [5.41, 5.74) is 0.907. The zero-order chi connectivity index (χ0) is 21.4. The minimum Gasteiger partial charge on any atom is -0.497 e. The van der Waals surface area contributed by atoms with Gasteiger partial charge in [0.1, 0.15) is 11.5 Å². The molecule has 0 spiro atoms. The molecule has 0 saturated carbocycles. The number of hydrogen-bond acceptors (Lipinski definition) is 5. The number of ether oxygens (including phenoxy) is 2. The van der Waals surface area contributed by atoms with Crippen molar-refractivity contribution < 1.29 is 29.0 Å².